The van der Waals surface area contributed by atoms with Crippen LogP contribution in [0.15, 0.2) is 12.3 Å². The van der Waals surface area contributed by atoms with Crippen molar-refractivity contribution in [3.8, 4) is 0 Å². The Morgan fingerprint density at radius 2 is 2.33 bits per heavy atom. The van der Waals surface area contributed by atoms with Crippen LogP contribution >= 0.6 is 15.9 Å². The molecule has 0 aliphatic carbocycles. The highest BCUT2D eigenvalue weighted by Gasteiger charge is 2.00. The number of aromatic nitrogens is 2. The maximum atomic E-state index is 4.44. The Kier molecular flexibility index (Phi) is 3.79. The molecular formula is C9H15BrN2. The van der Waals surface area contributed by atoms with Gasteiger partial charge in [0.15, 0.2) is 0 Å². The second-order valence-electron chi connectivity index (χ2n) is 3.17. The van der Waals surface area contributed by atoms with Crippen LogP contribution < -0.4 is 0 Å². The first kappa shape index (κ1) is 9.78. The maximum Gasteiger partial charge on any atom is 0.0625 e. The van der Waals surface area contributed by atoms with Crippen molar-refractivity contribution in [3.05, 3.63) is 18.0 Å². The van der Waals surface area contributed by atoms with Gasteiger partial charge in [-0.25, -0.2) is 0 Å². The fourth-order valence-corrected chi connectivity index (χ4v) is 1.33. The van der Waals surface area contributed by atoms with Gasteiger partial charge in [0.2, 0.25) is 0 Å². The van der Waals surface area contributed by atoms with Gasteiger partial charge in [0.25, 0.3) is 0 Å². The molecule has 0 aromatic carbocycles. The third-order valence-corrected chi connectivity index (χ3v) is 2.32. The third-order valence-electron chi connectivity index (χ3n) is 1.76. The van der Waals surface area contributed by atoms with Gasteiger partial charge in [0, 0.05) is 17.6 Å². The summed E-state index contributed by atoms with van der Waals surface area (Å²) in [6.45, 7) is 4.28. The van der Waals surface area contributed by atoms with E-state index in [4.69, 9.17) is 0 Å². The first-order valence-electron chi connectivity index (χ1n) is 4.34. The summed E-state index contributed by atoms with van der Waals surface area (Å²) in [4.78, 5) is 0. The lowest BCUT2D eigenvalue weighted by Crippen LogP contribution is -2.01. The summed E-state index contributed by atoms with van der Waals surface area (Å²) in [5, 5.41) is 5.50. The van der Waals surface area contributed by atoms with E-state index in [9.17, 15) is 0 Å². The van der Waals surface area contributed by atoms with Crippen LogP contribution in [0.4, 0.5) is 0 Å². The minimum atomic E-state index is 0.475. The molecule has 0 bridgehead atoms. The summed E-state index contributed by atoms with van der Waals surface area (Å²) in [5.74, 6) is 0. The van der Waals surface area contributed by atoms with Crippen LogP contribution in [0.5, 0.6) is 0 Å². The van der Waals surface area contributed by atoms with E-state index in [2.05, 4.69) is 40.9 Å². The molecule has 12 heavy (non-hydrogen) atoms. The molecule has 1 rings (SSSR count). The zero-order chi connectivity index (χ0) is 8.97. The first-order chi connectivity index (χ1) is 5.74. The van der Waals surface area contributed by atoms with Gasteiger partial charge in [-0.15, -0.1) is 0 Å². The molecule has 2 nitrogen and oxygen atoms in total. The largest absolute Gasteiger partial charge is 0.270 e. The van der Waals surface area contributed by atoms with Crippen LogP contribution in [0.25, 0.3) is 0 Å². The summed E-state index contributed by atoms with van der Waals surface area (Å²) in [5.41, 5.74) is 1.20. The quantitative estimate of drug-likeness (QED) is 0.728. The number of halogens is 1. The molecule has 0 atom stereocenters. The molecular weight excluding hydrogens is 216 g/mol. The Morgan fingerprint density at radius 1 is 1.58 bits per heavy atom. The van der Waals surface area contributed by atoms with Gasteiger partial charge >= 0.3 is 0 Å². The van der Waals surface area contributed by atoms with E-state index in [0.29, 0.717) is 6.04 Å². The summed E-state index contributed by atoms with van der Waals surface area (Å²) < 4.78 is 2.00. The zero-order valence-corrected chi connectivity index (χ0v) is 9.21. The Labute approximate surface area is 82.1 Å². The Morgan fingerprint density at radius 3 is 2.83 bits per heavy atom. The molecule has 0 aliphatic rings. The lowest BCUT2D eigenvalue weighted by atomic mass is 10.3. The van der Waals surface area contributed by atoms with Crippen molar-refractivity contribution in [1.82, 2.24) is 9.78 Å². The van der Waals surface area contributed by atoms with Gasteiger partial charge in [-0.05, 0) is 32.8 Å². The Hall–Kier alpha value is -0.310. The minimum Gasteiger partial charge on any atom is -0.270 e. The molecule has 0 saturated heterocycles. The van der Waals surface area contributed by atoms with E-state index in [1.807, 2.05) is 10.9 Å². The highest BCUT2D eigenvalue weighted by Crippen LogP contribution is 2.06. The lowest BCUT2D eigenvalue weighted by molar-refractivity contribution is 0.526. The van der Waals surface area contributed by atoms with Crippen LogP contribution in [0.1, 0.15) is 32.0 Å². The van der Waals surface area contributed by atoms with E-state index in [-0.39, 0.29) is 0 Å². The van der Waals surface area contributed by atoms with Crippen LogP contribution in [-0.4, -0.2) is 15.1 Å². The molecule has 0 spiro atoms. The highest BCUT2D eigenvalue weighted by atomic mass is 79.9. The van der Waals surface area contributed by atoms with Crippen LogP contribution in [0.2, 0.25) is 0 Å². The summed E-state index contributed by atoms with van der Waals surface area (Å²) in [7, 11) is 0. The van der Waals surface area contributed by atoms with E-state index in [1.54, 1.807) is 0 Å². The molecule has 0 amide bonds. The van der Waals surface area contributed by atoms with Gasteiger partial charge in [0.05, 0.1) is 5.69 Å². The predicted molar refractivity (Wildman–Crippen MR) is 54.7 cm³/mol. The van der Waals surface area contributed by atoms with Crippen molar-refractivity contribution in [3.63, 3.8) is 0 Å². The Bertz CT molecular complexity index is 230. The molecule has 0 radical (unpaired) electrons. The Balaban J connectivity index is 2.52. The number of alkyl halides is 1. The topological polar surface area (TPSA) is 17.8 Å². The molecule has 0 unspecified atom stereocenters. The van der Waals surface area contributed by atoms with Crippen molar-refractivity contribution in [2.24, 2.45) is 0 Å². The second kappa shape index (κ2) is 4.65. The molecule has 0 N–H and O–H groups in total. The average Bonchev–Trinajstić information content (AvgIpc) is 2.48. The van der Waals surface area contributed by atoms with E-state index in [1.165, 1.54) is 5.69 Å². The van der Waals surface area contributed by atoms with E-state index in [0.717, 1.165) is 18.2 Å². The normalized spacial score (nSPS) is 11.0. The highest BCUT2D eigenvalue weighted by molar-refractivity contribution is 9.09. The molecule has 0 fully saturated rings. The number of hydrogen-bond acceptors (Lipinski definition) is 1. The minimum absolute atomic E-state index is 0.475. The molecule has 1 aromatic heterocycles. The fraction of sp³-hybridized carbons (Fsp3) is 0.667. The predicted octanol–water partition coefficient (Wildman–Crippen LogP) is 2.79. The van der Waals surface area contributed by atoms with Crippen molar-refractivity contribution in [2.45, 2.75) is 32.7 Å². The van der Waals surface area contributed by atoms with Crippen molar-refractivity contribution in [1.29, 1.82) is 0 Å². The number of aryl methyl sites for hydroxylation is 1. The molecule has 0 saturated carbocycles. The summed E-state index contributed by atoms with van der Waals surface area (Å²) in [6.07, 6.45) is 4.29. The smallest absolute Gasteiger partial charge is 0.0625 e. The van der Waals surface area contributed by atoms with E-state index < -0.39 is 0 Å². The second-order valence-corrected chi connectivity index (χ2v) is 3.97. The van der Waals surface area contributed by atoms with Gasteiger partial charge in [0.1, 0.15) is 0 Å². The van der Waals surface area contributed by atoms with Gasteiger partial charge in [-0.3, -0.25) is 4.68 Å². The van der Waals surface area contributed by atoms with Crippen molar-refractivity contribution in [2.75, 3.05) is 5.33 Å². The van der Waals surface area contributed by atoms with Crippen molar-refractivity contribution < 1.29 is 0 Å². The molecule has 3 heteroatoms. The maximum absolute atomic E-state index is 4.44. The van der Waals surface area contributed by atoms with Gasteiger partial charge < -0.3 is 0 Å². The van der Waals surface area contributed by atoms with Crippen LogP contribution in [-0.2, 0) is 6.42 Å². The average molecular weight is 231 g/mol. The third kappa shape index (κ3) is 2.63. The lowest BCUT2D eigenvalue weighted by Gasteiger charge is -2.03. The van der Waals surface area contributed by atoms with Crippen LogP contribution in [0, 0.1) is 0 Å². The monoisotopic (exact) mass is 230 g/mol. The van der Waals surface area contributed by atoms with Crippen LogP contribution in [0.3, 0.4) is 0 Å². The summed E-state index contributed by atoms with van der Waals surface area (Å²) >= 11 is 3.41. The molecule has 0 aliphatic heterocycles. The SMILES string of the molecule is CC(C)n1ccc(CCCBr)n1. The summed E-state index contributed by atoms with van der Waals surface area (Å²) in [6, 6.07) is 2.57. The van der Waals surface area contributed by atoms with Crippen molar-refractivity contribution >= 4 is 15.9 Å². The first-order valence-corrected chi connectivity index (χ1v) is 5.46. The zero-order valence-electron chi connectivity index (χ0n) is 7.63. The molecule has 68 valence electrons. The van der Waals surface area contributed by atoms with Gasteiger partial charge in [-0.1, -0.05) is 15.9 Å². The van der Waals surface area contributed by atoms with E-state index >= 15 is 0 Å². The molecule has 1 aromatic rings. The fourth-order valence-electron chi connectivity index (χ4n) is 1.05. The molecule has 1 heterocycles. The number of rotatable bonds is 4. The number of hydrogen-bond donors (Lipinski definition) is 0. The number of nitrogens with zero attached hydrogens (tertiary/aromatic N) is 2. The van der Waals surface area contributed by atoms with Gasteiger partial charge in [-0.2, -0.15) is 5.10 Å². The standard InChI is InChI=1S/C9H15BrN2/c1-8(2)12-7-5-9(11-12)4-3-6-10/h5,7-8H,3-4,6H2,1-2H3.